The molecule has 0 spiro atoms. The van der Waals surface area contributed by atoms with Crippen molar-refractivity contribution in [3.63, 3.8) is 0 Å². The van der Waals surface area contributed by atoms with Gasteiger partial charge in [0.25, 0.3) is 0 Å². The molecule has 26 heavy (non-hydrogen) atoms. The van der Waals surface area contributed by atoms with Crippen LogP contribution in [0.2, 0.25) is 0 Å². The molecule has 0 bridgehead atoms. The normalized spacial score (nSPS) is 50.3. The van der Waals surface area contributed by atoms with Crippen LogP contribution >= 0.6 is 0 Å². The molecule has 0 saturated heterocycles. The van der Waals surface area contributed by atoms with E-state index in [0.717, 1.165) is 32.1 Å². The van der Waals surface area contributed by atoms with Gasteiger partial charge in [0.1, 0.15) is 0 Å². The molecule has 0 aromatic heterocycles. The van der Waals surface area contributed by atoms with E-state index in [0.29, 0.717) is 23.8 Å². The predicted molar refractivity (Wildman–Crippen MR) is 105 cm³/mol. The van der Waals surface area contributed by atoms with Gasteiger partial charge in [-0.2, -0.15) is 0 Å². The number of carbonyl (C=O) groups is 1. The summed E-state index contributed by atoms with van der Waals surface area (Å²) in [5.74, 6) is 2.18. The highest BCUT2D eigenvalue weighted by Gasteiger charge is 2.64. The van der Waals surface area contributed by atoms with Gasteiger partial charge in [0.05, 0.1) is 5.60 Å². The van der Waals surface area contributed by atoms with Gasteiger partial charge in [-0.15, -0.1) is 0 Å². The molecular weight excluding hydrogens is 322 g/mol. The third-order valence-corrected chi connectivity index (χ3v) is 9.39. The van der Waals surface area contributed by atoms with Gasteiger partial charge in [-0.3, -0.25) is 4.79 Å². The zero-order valence-corrected chi connectivity index (χ0v) is 17.1. The maximum absolute atomic E-state index is 12.2. The molecule has 3 fully saturated rings. The van der Waals surface area contributed by atoms with E-state index in [1.54, 1.807) is 0 Å². The Morgan fingerprint density at radius 2 is 1.88 bits per heavy atom. The molecular formula is C23H37NO2. The molecule has 4 aliphatic rings. The number of unbranched alkanes of at least 4 members (excludes halogenated alkanes) is 1. The average Bonchev–Trinajstić information content (AvgIpc) is 2.88. The zero-order chi connectivity index (χ0) is 18.7. The number of hydrogen-bond acceptors (Lipinski definition) is 2. The van der Waals surface area contributed by atoms with E-state index in [-0.39, 0.29) is 16.7 Å². The Balaban J connectivity index is 1.63. The number of amides is 1. The molecule has 1 N–H and O–H groups in total. The summed E-state index contributed by atoms with van der Waals surface area (Å²) in [6, 6.07) is 0.353. The number of fused-ring (bicyclic) bond motifs is 5. The van der Waals surface area contributed by atoms with E-state index in [4.69, 9.17) is 0 Å². The third kappa shape index (κ3) is 2.31. The largest absolute Gasteiger partial charge is 0.389 e. The molecule has 3 nitrogen and oxygen atoms in total. The Morgan fingerprint density at radius 1 is 1.15 bits per heavy atom. The van der Waals surface area contributed by atoms with E-state index < -0.39 is 5.60 Å². The van der Waals surface area contributed by atoms with Crippen LogP contribution in [0.15, 0.2) is 12.2 Å². The van der Waals surface area contributed by atoms with Crippen molar-refractivity contribution in [1.82, 2.24) is 4.90 Å². The summed E-state index contributed by atoms with van der Waals surface area (Å²) in [5.41, 5.74) is -0.255. The lowest BCUT2D eigenvalue weighted by atomic mass is 9.47. The number of aliphatic hydroxyl groups is 1. The predicted octanol–water partition coefficient (Wildman–Crippen LogP) is 4.55. The first-order chi connectivity index (χ1) is 12.3. The van der Waals surface area contributed by atoms with Crippen LogP contribution < -0.4 is 0 Å². The van der Waals surface area contributed by atoms with Crippen LogP contribution in [0.3, 0.4) is 0 Å². The van der Waals surface area contributed by atoms with Crippen molar-refractivity contribution in [2.24, 2.45) is 28.6 Å². The van der Waals surface area contributed by atoms with Crippen LogP contribution in [0.25, 0.3) is 0 Å². The van der Waals surface area contributed by atoms with Crippen molar-refractivity contribution >= 4 is 5.91 Å². The number of rotatable bonds is 3. The van der Waals surface area contributed by atoms with Crippen molar-refractivity contribution in [1.29, 1.82) is 0 Å². The molecule has 3 aliphatic carbocycles. The van der Waals surface area contributed by atoms with Crippen molar-refractivity contribution in [3.05, 3.63) is 12.2 Å². The Hall–Kier alpha value is -0.830. The highest BCUT2D eigenvalue weighted by atomic mass is 16.3. The molecule has 146 valence electrons. The van der Waals surface area contributed by atoms with Crippen molar-refractivity contribution in [2.45, 2.75) is 90.2 Å². The minimum Gasteiger partial charge on any atom is -0.389 e. The lowest BCUT2D eigenvalue weighted by Crippen LogP contribution is -2.60. The fraction of sp³-hybridized carbons (Fsp3) is 0.870. The van der Waals surface area contributed by atoms with Gasteiger partial charge in [-0.25, -0.2) is 0 Å². The molecule has 5 unspecified atom stereocenters. The van der Waals surface area contributed by atoms with E-state index >= 15 is 0 Å². The summed E-state index contributed by atoms with van der Waals surface area (Å²) >= 11 is 0. The Morgan fingerprint density at radius 3 is 2.62 bits per heavy atom. The standard InChI is InChI=1S/C23H37NO2/c1-5-6-12-23(26)15-10-18-16-7-8-19-21(2,13-11-20(25)24(19)4)17(16)9-14-22(18,23)3/h11,13,16-19,26H,5-10,12,14-15H2,1-4H3/t16?,17?,18?,19?,21-,22+,23?/m1/s1. The van der Waals surface area contributed by atoms with Crippen LogP contribution in [0.4, 0.5) is 0 Å². The van der Waals surface area contributed by atoms with Crippen LogP contribution in [0.5, 0.6) is 0 Å². The monoisotopic (exact) mass is 359 g/mol. The minimum atomic E-state index is -0.453. The summed E-state index contributed by atoms with van der Waals surface area (Å²) in [7, 11) is 1.99. The van der Waals surface area contributed by atoms with E-state index in [1.165, 1.54) is 25.7 Å². The van der Waals surface area contributed by atoms with Gasteiger partial charge < -0.3 is 10.0 Å². The number of hydrogen-bond donors (Lipinski definition) is 1. The van der Waals surface area contributed by atoms with Gasteiger partial charge in [0.2, 0.25) is 5.91 Å². The first-order valence-electron chi connectivity index (χ1n) is 11.0. The van der Waals surface area contributed by atoms with Crippen molar-refractivity contribution in [3.8, 4) is 0 Å². The van der Waals surface area contributed by atoms with E-state index in [2.05, 4.69) is 26.8 Å². The number of nitrogens with zero attached hydrogens (tertiary/aromatic N) is 1. The van der Waals surface area contributed by atoms with Gasteiger partial charge in [0, 0.05) is 18.5 Å². The maximum atomic E-state index is 12.2. The molecule has 3 saturated carbocycles. The topological polar surface area (TPSA) is 40.5 Å². The first kappa shape index (κ1) is 18.5. The lowest BCUT2D eigenvalue weighted by molar-refractivity contribution is -0.151. The Labute approximate surface area is 159 Å². The van der Waals surface area contributed by atoms with Crippen LogP contribution in [0.1, 0.15) is 78.6 Å². The van der Waals surface area contributed by atoms with E-state index in [1.807, 2.05) is 18.0 Å². The zero-order valence-electron chi connectivity index (χ0n) is 17.1. The molecule has 0 aromatic rings. The molecule has 0 radical (unpaired) electrons. The summed E-state index contributed by atoms with van der Waals surface area (Å²) in [4.78, 5) is 14.2. The fourth-order valence-electron chi connectivity index (χ4n) is 7.73. The lowest BCUT2D eigenvalue weighted by Gasteiger charge is -2.61. The van der Waals surface area contributed by atoms with E-state index in [9.17, 15) is 9.90 Å². The second kappa shape index (κ2) is 6.09. The first-order valence-corrected chi connectivity index (χ1v) is 11.0. The summed E-state index contributed by atoms with van der Waals surface area (Å²) in [6.07, 6.45) is 14.2. The smallest absolute Gasteiger partial charge is 0.246 e. The molecule has 7 atom stereocenters. The molecule has 1 heterocycles. The molecule has 0 aromatic carbocycles. The Kier molecular flexibility index (Phi) is 4.34. The van der Waals surface area contributed by atoms with Crippen molar-refractivity contribution < 1.29 is 9.90 Å². The number of carbonyl (C=O) groups excluding carboxylic acids is 1. The minimum absolute atomic E-state index is 0.0899. The molecule has 4 rings (SSSR count). The van der Waals surface area contributed by atoms with Gasteiger partial charge >= 0.3 is 0 Å². The average molecular weight is 360 g/mol. The van der Waals surface area contributed by atoms with Crippen LogP contribution in [-0.4, -0.2) is 34.6 Å². The second-order valence-electron chi connectivity index (χ2n) is 10.2. The highest BCUT2D eigenvalue weighted by molar-refractivity contribution is 5.89. The molecule has 3 heteroatoms. The maximum Gasteiger partial charge on any atom is 0.246 e. The summed E-state index contributed by atoms with van der Waals surface area (Å²) in [6.45, 7) is 7.02. The summed E-state index contributed by atoms with van der Waals surface area (Å²) in [5, 5.41) is 11.6. The van der Waals surface area contributed by atoms with Gasteiger partial charge in [-0.1, -0.05) is 39.7 Å². The molecule has 1 aliphatic heterocycles. The van der Waals surface area contributed by atoms with Crippen LogP contribution in [-0.2, 0) is 4.79 Å². The van der Waals surface area contributed by atoms with Gasteiger partial charge in [-0.05, 0) is 74.2 Å². The summed E-state index contributed by atoms with van der Waals surface area (Å²) < 4.78 is 0. The third-order valence-electron chi connectivity index (χ3n) is 9.39. The molecule has 1 amide bonds. The highest BCUT2D eigenvalue weighted by Crippen LogP contribution is 2.67. The van der Waals surface area contributed by atoms with Crippen molar-refractivity contribution in [2.75, 3.05) is 7.05 Å². The quantitative estimate of drug-likeness (QED) is 0.803. The Bertz CT molecular complexity index is 615. The second-order valence-corrected chi connectivity index (χ2v) is 10.2. The van der Waals surface area contributed by atoms with Gasteiger partial charge in [0.15, 0.2) is 0 Å². The number of likely N-dealkylation sites (N-methyl/N-ethyl adjacent to an activating group) is 1. The SMILES string of the molecule is CCCCC1(O)CCC2C3CCC4N(C)C(=O)C=C[C@]4(C)C3CC[C@@]21C. The van der Waals surface area contributed by atoms with Crippen LogP contribution in [0, 0.1) is 28.6 Å². The fourth-order valence-corrected chi connectivity index (χ4v) is 7.73.